The van der Waals surface area contributed by atoms with Gasteiger partial charge in [0.05, 0.1) is 0 Å². The topological polar surface area (TPSA) is 15.3 Å². The molecule has 2 heteroatoms. The minimum absolute atomic E-state index is 0.638. The molecule has 1 N–H and O–H groups in total. The first kappa shape index (κ1) is 11.7. The molecule has 82 valence electrons. The van der Waals surface area contributed by atoms with Crippen molar-refractivity contribution in [1.29, 1.82) is 0 Å². The summed E-state index contributed by atoms with van der Waals surface area (Å²) in [5.74, 6) is 0. The van der Waals surface area contributed by atoms with Gasteiger partial charge in [0.25, 0.3) is 0 Å². The Hall–Kier alpha value is -0.340. The summed E-state index contributed by atoms with van der Waals surface area (Å²) in [5, 5.41) is 3.59. The Morgan fingerprint density at radius 3 is 2.71 bits per heavy atom. The number of hydrogen-bond donors (Lipinski definition) is 1. The molecule has 14 heavy (non-hydrogen) atoms. The molecule has 0 aromatic rings. The Labute approximate surface area is 88.4 Å². The number of likely N-dealkylation sites (N-methyl/N-ethyl adjacent to an activating group) is 1. The van der Waals surface area contributed by atoms with Crippen LogP contribution in [0.5, 0.6) is 0 Å². The molecular weight excluding hydrogens is 172 g/mol. The van der Waals surface area contributed by atoms with E-state index in [-0.39, 0.29) is 0 Å². The second-order valence-corrected chi connectivity index (χ2v) is 3.95. The summed E-state index contributed by atoms with van der Waals surface area (Å²) in [6, 6.07) is 0.638. The molecule has 1 rings (SSSR count). The van der Waals surface area contributed by atoms with E-state index in [1.807, 2.05) is 0 Å². The van der Waals surface area contributed by atoms with E-state index in [0.29, 0.717) is 6.04 Å². The fourth-order valence-corrected chi connectivity index (χ4v) is 1.93. The molecule has 0 fully saturated rings. The van der Waals surface area contributed by atoms with Gasteiger partial charge in [-0.15, -0.1) is 0 Å². The zero-order valence-electron chi connectivity index (χ0n) is 9.63. The maximum atomic E-state index is 3.59. The first-order valence-electron chi connectivity index (χ1n) is 5.99. The summed E-state index contributed by atoms with van der Waals surface area (Å²) < 4.78 is 0. The summed E-state index contributed by atoms with van der Waals surface area (Å²) >= 11 is 0. The predicted molar refractivity (Wildman–Crippen MR) is 62.6 cm³/mol. The normalized spacial score (nSPS) is 21.8. The summed E-state index contributed by atoms with van der Waals surface area (Å²) in [6.45, 7) is 9.08. The van der Waals surface area contributed by atoms with Gasteiger partial charge in [0, 0.05) is 19.1 Å². The van der Waals surface area contributed by atoms with Crippen molar-refractivity contribution in [2.24, 2.45) is 0 Å². The molecule has 0 saturated carbocycles. The van der Waals surface area contributed by atoms with E-state index in [4.69, 9.17) is 0 Å². The molecule has 0 saturated heterocycles. The van der Waals surface area contributed by atoms with Gasteiger partial charge in [0.15, 0.2) is 0 Å². The standard InChI is InChI=1S/C12H24N2/c1-3-14(4-2)11-10-13-12-8-6-5-7-9-12/h6,8,12-13H,3-5,7,9-11H2,1-2H3. The van der Waals surface area contributed by atoms with Crippen molar-refractivity contribution in [3.05, 3.63) is 12.2 Å². The van der Waals surface area contributed by atoms with Gasteiger partial charge in [-0.3, -0.25) is 0 Å². The lowest BCUT2D eigenvalue weighted by atomic mass is 10.0. The molecule has 0 heterocycles. The first-order valence-corrected chi connectivity index (χ1v) is 5.99. The van der Waals surface area contributed by atoms with Crippen LogP contribution in [-0.2, 0) is 0 Å². The Kier molecular flexibility index (Phi) is 5.88. The molecule has 1 aliphatic carbocycles. The van der Waals surface area contributed by atoms with Crippen molar-refractivity contribution in [3.8, 4) is 0 Å². The monoisotopic (exact) mass is 196 g/mol. The summed E-state index contributed by atoms with van der Waals surface area (Å²) in [7, 11) is 0. The fourth-order valence-electron chi connectivity index (χ4n) is 1.93. The Morgan fingerprint density at radius 2 is 2.14 bits per heavy atom. The predicted octanol–water partition coefficient (Wildman–Crippen LogP) is 2.03. The van der Waals surface area contributed by atoms with Crippen LogP contribution >= 0.6 is 0 Å². The quantitative estimate of drug-likeness (QED) is 0.654. The van der Waals surface area contributed by atoms with E-state index in [0.717, 1.165) is 6.54 Å². The molecule has 0 aromatic heterocycles. The van der Waals surface area contributed by atoms with Crippen molar-refractivity contribution >= 4 is 0 Å². The number of nitrogens with zero attached hydrogens (tertiary/aromatic N) is 1. The van der Waals surface area contributed by atoms with Crippen molar-refractivity contribution in [2.45, 2.75) is 39.2 Å². The van der Waals surface area contributed by atoms with Gasteiger partial charge in [-0.25, -0.2) is 0 Å². The second-order valence-electron chi connectivity index (χ2n) is 3.95. The van der Waals surface area contributed by atoms with E-state index < -0.39 is 0 Å². The van der Waals surface area contributed by atoms with E-state index in [2.05, 4.69) is 36.2 Å². The average Bonchev–Trinajstić information content (AvgIpc) is 2.26. The van der Waals surface area contributed by atoms with Crippen LogP contribution in [0.2, 0.25) is 0 Å². The van der Waals surface area contributed by atoms with Gasteiger partial charge in [-0.1, -0.05) is 26.0 Å². The van der Waals surface area contributed by atoms with Crippen LogP contribution in [0.15, 0.2) is 12.2 Å². The van der Waals surface area contributed by atoms with E-state index in [1.54, 1.807) is 0 Å². The van der Waals surface area contributed by atoms with Gasteiger partial charge in [0.1, 0.15) is 0 Å². The largest absolute Gasteiger partial charge is 0.309 e. The Bertz CT molecular complexity index is 162. The third-order valence-corrected chi connectivity index (χ3v) is 2.98. The summed E-state index contributed by atoms with van der Waals surface area (Å²) in [4.78, 5) is 2.46. The average molecular weight is 196 g/mol. The number of allylic oxidation sites excluding steroid dienone is 1. The molecular formula is C12H24N2. The fraction of sp³-hybridized carbons (Fsp3) is 0.833. The minimum atomic E-state index is 0.638. The lowest BCUT2D eigenvalue weighted by molar-refractivity contribution is 0.297. The zero-order valence-corrected chi connectivity index (χ0v) is 9.63. The van der Waals surface area contributed by atoms with Crippen LogP contribution in [0.25, 0.3) is 0 Å². The highest BCUT2D eigenvalue weighted by atomic mass is 15.1. The maximum absolute atomic E-state index is 3.59. The van der Waals surface area contributed by atoms with Gasteiger partial charge in [-0.05, 0) is 32.4 Å². The molecule has 1 unspecified atom stereocenters. The minimum Gasteiger partial charge on any atom is -0.309 e. The Morgan fingerprint density at radius 1 is 1.36 bits per heavy atom. The van der Waals surface area contributed by atoms with Crippen molar-refractivity contribution in [2.75, 3.05) is 26.2 Å². The van der Waals surface area contributed by atoms with Crippen LogP contribution in [0.1, 0.15) is 33.1 Å². The number of rotatable bonds is 6. The van der Waals surface area contributed by atoms with Crippen LogP contribution in [0.3, 0.4) is 0 Å². The van der Waals surface area contributed by atoms with E-state index in [1.165, 1.54) is 38.9 Å². The van der Waals surface area contributed by atoms with Crippen LogP contribution < -0.4 is 5.32 Å². The lowest BCUT2D eigenvalue weighted by Crippen LogP contribution is -2.36. The van der Waals surface area contributed by atoms with Gasteiger partial charge < -0.3 is 10.2 Å². The zero-order chi connectivity index (χ0) is 10.2. The van der Waals surface area contributed by atoms with E-state index in [9.17, 15) is 0 Å². The SMILES string of the molecule is CCN(CC)CCNC1C=CCCC1. The molecule has 0 amide bonds. The Balaban J connectivity index is 2.07. The van der Waals surface area contributed by atoms with Gasteiger partial charge in [0.2, 0.25) is 0 Å². The van der Waals surface area contributed by atoms with Crippen LogP contribution in [0.4, 0.5) is 0 Å². The number of hydrogen-bond acceptors (Lipinski definition) is 2. The molecule has 0 spiro atoms. The highest BCUT2D eigenvalue weighted by molar-refractivity contribution is 4.97. The summed E-state index contributed by atoms with van der Waals surface area (Å²) in [6.07, 6.45) is 8.56. The first-order chi connectivity index (χ1) is 6.86. The lowest BCUT2D eigenvalue weighted by Gasteiger charge is -2.22. The molecule has 1 aliphatic rings. The highest BCUT2D eigenvalue weighted by Gasteiger charge is 2.07. The van der Waals surface area contributed by atoms with Crippen LogP contribution in [0, 0.1) is 0 Å². The van der Waals surface area contributed by atoms with Crippen molar-refractivity contribution < 1.29 is 0 Å². The maximum Gasteiger partial charge on any atom is 0.0250 e. The van der Waals surface area contributed by atoms with Crippen molar-refractivity contribution in [3.63, 3.8) is 0 Å². The molecule has 2 nitrogen and oxygen atoms in total. The molecule has 0 aromatic carbocycles. The van der Waals surface area contributed by atoms with E-state index >= 15 is 0 Å². The third kappa shape index (κ3) is 4.25. The molecule has 0 aliphatic heterocycles. The number of nitrogens with one attached hydrogen (secondary N) is 1. The molecule has 0 bridgehead atoms. The van der Waals surface area contributed by atoms with Gasteiger partial charge >= 0.3 is 0 Å². The molecule has 1 atom stereocenters. The summed E-state index contributed by atoms with van der Waals surface area (Å²) in [5.41, 5.74) is 0. The second kappa shape index (κ2) is 7.02. The van der Waals surface area contributed by atoms with Crippen molar-refractivity contribution in [1.82, 2.24) is 10.2 Å². The van der Waals surface area contributed by atoms with Crippen LogP contribution in [-0.4, -0.2) is 37.1 Å². The smallest absolute Gasteiger partial charge is 0.0250 e. The highest BCUT2D eigenvalue weighted by Crippen LogP contribution is 2.09. The molecule has 0 radical (unpaired) electrons. The van der Waals surface area contributed by atoms with Gasteiger partial charge in [-0.2, -0.15) is 0 Å². The third-order valence-electron chi connectivity index (χ3n) is 2.98.